The van der Waals surface area contributed by atoms with Gasteiger partial charge in [-0.25, -0.2) is 0 Å². The Morgan fingerprint density at radius 2 is 2.31 bits per heavy atom. The third kappa shape index (κ3) is 3.32. The second-order valence-corrected chi connectivity index (χ2v) is 3.70. The summed E-state index contributed by atoms with van der Waals surface area (Å²) < 4.78 is 5.38. The van der Waals surface area contributed by atoms with Gasteiger partial charge in [-0.2, -0.15) is 0 Å². The van der Waals surface area contributed by atoms with Crippen LogP contribution < -0.4 is 0 Å². The lowest BCUT2D eigenvalue weighted by atomic mass is 10.3. The number of hydrogen-bond acceptors (Lipinski definition) is 3. The summed E-state index contributed by atoms with van der Waals surface area (Å²) in [6, 6.07) is 0. The molecule has 76 valence electrons. The summed E-state index contributed by atoms with van der Waals surface area (Å²) in [4.78, 5) is 15.1. The van der Waals surface area contributed by atoms with Crippen LogP contribution in [-0.2, 0) is 9.53 Å². The third-order valence-corrected chi connectivity index (χ3v) is 2.18. The molecule has 0 aromatic rings. The minimum atomic E-state index is 0.161. The van der Waals surface area contributed by atoms with Crippen LogP contribution in [0.1, 0.15) is 6.92 Å². The van der Waals surface area contributed by atoms with Crippen molar-refractivity contribution in [3.05, 3.63) is 0 Å². The molecule has 0 aromatic heterocycles. The number of morpholine rings is 1. The van der Waals surface area contributed by atoms with Crippen molar-refractivity contribution < 1.29 is 9.53 Å². The molecule has 1 amide bonds. The van der Waals surface area contributed by atoms with Crippen LogP contribution in [-0.4, -0.2) is 62.1 Å². The molecule has 1 heterocycles. The highest BCUT2D eigenvalue weighted by Crippen LogP contribution is 2.03. The molecular weight excluding hydrogens is 168 g/mol. The van der Waals surface area contributed by atoms with E-state index < -0.39 is 0 Å². The first-order valence-corrected chi connectivity index (χ1v) is 4.63. The summed E-state index contributed by atoms with van der Waals surface area (Å²) in [5.74, 6) is 0.161. The average molecular weight is 186 g/mol. The molecule has 0 N–H and O–H groups in total. The summed E-state index contributed by atoms with van der Waals surface area (Å²) >= 11 is 0. The lowest BCUT2D eigenvalue weighted by molar-refractivity contribution is -0.131. The Balaban J connectivity index is 2.31. The van der Waals surface area contributed by atoms with Crippen LogP contribution in [0.2, 0.25) is 0 Å². The molecule has 4 heteroatoms. The van der Waals surface area contributed by atoms with E-state index in [0.717, 1.165) is 19.7 Å². The van der Waals surface area contributed by atoms with Crippen LogP contribution in [0.3, 0.4) is 0 Å². The first-order chi connectivity index (χ1) is 6.09. The smallest absolute Gasteiger partial charge is 0.236 e. The number of hydrogen-bond donors (Lipinski definition) is 0. The number of carbonyl (C=O) groups excluding carboxylic acids is 1. The fourth-order valence-corrected chi connectivity index (χ4v) is 1.37. The minimum absolute atomic E-state index is 0.161. The lowest BCUT2D eigenvalue weighted by Gasteiger charge is -2.31. The van der Waals surface area contributed by atoms with Gasteiger partial charge in [0.25, 0.3) is 0 Å². The minimum Gasteiger partial charge on any atom is -0.376 e. The van der Waals surface area contributed by atoms with E-state index in [9.17, 15) is 4.79 Å². The van der Waals surface area contributed by atoms with E-state index in [0.29, 0.717) is 6.54 Å². The van der Waals surface area contributed by atoms with Gasteiger partial charge in [-0.05, 0) is 6.92 Å². The predicted octanol–water partition coefficient (Wildman–Crippen LogP) is -0.205. The molecule has 1 fully saturated rings. The summed E-state index contributed by atoms with van der Waals surface area (Å²) in [7, 11) is 3.57. The average Bonchev–Trinajstić information content (AvgIpc) is 2.04. The fraction of sp³-hybridized carbons (Fsp3) is 0.889. The van der Waals surface area contributed by atoms with Crippen LogP contribution in [0.4, 0.5) is 0 Å². The highest BCUT2D eigenvalue weighted by Gasteiger charge is 2.19. The molecule has 0 spiro atoms. The Kier molecular flexibility index (Phi) is 3.69. The Labute approximate surface area is 79.4 Å². The van der Waals surface area contributed by atoms with Gasteiger partial charge in [0.15, 0.2) is 0 Å². The second kappa shape index (κ2) is 4.58. The van der Waals surface area contributed by atoms with Gasteiger partial charge in [-0.15, -0.1) is 0 Å². The molecule has 1 unspecified atom stereocenters. The van der Waals surface area contributed by atoms with Gasteiger partial charge in [-0.3, -0.25) is 9.69 Å². The summed E-state index contributed by atoms with van der Waals surface area (Å²) in [6.45, 7) is 5.01. The molecule has 13 heavy (non-hydrogen) atoms. The van der Waals surface area contributed by atoms with Crippen molar-refractivity contribution in [3.63, 3.8) is 0 Å². The number of nitrogens with zero attached hydrogens (tertiary/aromatic N) is 2. The standard InChI is InChI=1S/C9H18N2O2/c1-8-6-11(4-5-13-8)7-9(12)10(2)3/h8H,4-7H2,1-3H3. The first-order valence-electron chi connectivity index (χ1n) is 4.63. The molecular formula is C9H18N2O2. The van der Waals surface area contributed by atoms with Crippen molar-refractivity contribution in [1.29, 1.82) is 0 Å². The normalized spacial score (nSPS) is 24.4. The SMILES string of the molecule is CC1CN(CC(=O)N(C)C)CCO1. The van der Waals surface area contributed by atoms with Crippen LogP contribution in [0.5, 0.6) is 0 Å². The van der Waals surface area contributed by atoms with E-state index in [1.807, 2.05) is 6.92 Å². The Morgan fingerprint density at radius 1 is 1.62 bits per heavy atom. The van der Waals surface area contributed by atoms with E-state index >= 15 is 0 Å². The van der Waals surface area contributed by atoms with Crippen molar-refractivity contribution in [3.8, 4) is 0 Å². The molecule has 1 rings (SSSR count). The quantitative estimate of drug-likeness (QED) is 0.598. The van der Waals surface area contributed by atoms with Gasteiger partial charge in [0.05, 0.1) is 19.3 Å². The number of carbonyl (C=O) groups is 1. The molecule has 0 aromatic carbocycles. The van der Waals surface area contributed by atoms with Crippen LogP contribution in [0.15, 0.2) is 0 Å². The maximum atomic E-state index is 11.4. The number of rotatable bonds is 2. The van der Waals surface area contributed by atoms with Gasteiger partial charge < -0.3 is 9.64 Å². The van der Waals surface area contributed by atoms with E-state index in [1.165, 1.54) is 0 Å². The molecule has 0 bridgehead atoms. The van der Waals surface area contributed by atoms with Crippen molar-refractivity contribution in [2.45, 2.75) is 13.0 Å². The first kappa shape index (κ1) is 10.5. The maximum Gasteiger partial charge on any atom is 0.236 e. The fourth-order valence-electron chi connectivity index (χ4n) is 1.37. The summed E-state index contributed by atoms with van der Waals surface area (Å²) in [5.41, 5.74) is 0. The molecule has 1 saturated heterocycles. The Hall–Kier alpha value is -0.610. The van der Waals surface area contributed by atoms with Gasteiger partial charge in [0.1, 0.15) is 0 Å². The molecule has 1 aliphatic heterocycles. The van der Waals surface area contributed by atoms with Crippen LogP contribution in [0.25, 0.3) is 0 Å². The van der Waals surface area contributed by atoms with Crippen molar-refractivity contribution in [1.82, 2.24) is 9.80 Å². The molecule has 1 aliphatic rings. The van der Waals surface area contributed by atoms with Gasteiger partial charge in [-0.1, -0.05) is 0 Å². The summed E-state index contributed by atoms with van der Waals surface area (Å²) in [5, 5.41) is 0. The third-order valence-electron chi connectivity index (χ3n) is 2.18. The van der Waals surface area contributed by atoms with E-state index in [4.69, 9.17) is 4.74 Å². The number of amides is 1. The monoisotopic (exact) mass is 186 g/mol. The van der Waals surface area contributed by atoms with Crippen LogP contribution >= 0.6 is 0 Å². The zero-order valence-corrected chi connectivity index (χ0v) is 8.62. The topological polar surface area (TPSA) is 32.8 Å². The van der Waals surface area contributed by atoms with Gasteiger partial charge >= 0.3 is 0 Å². The number of ether oxygens (including phenoxy) is 1. The zero-order chi connectivity index (χ0) is 9.84. The van der Waals surface area contributed by atoms with Gasteiger partial charge in [0, 0.05) is 27.2 Å². The van der Waals surface area contributed by atoms with Crippen molar-refractivity contribution in [2.75, 3.05) is 40.3 Å². The van der Waals surface area contributed by atoms with E-state index in [2.05, 4.69) is 4.90 Å². The Bertz CT molecular complexity index is 182. The molecule has 0 saturated carbocycles. The van der Waals surface area contributed by atoms with Gasteiger partial charge in [0.2, 0.25) is 5.91 Å². The van der Waals surface area contributed by atoms with Crippen LogP contribution in [0, 0.1) is 0 Å². The van der Waals surface area contributed by atoms with E-state index in [-0.39, 0.29) is 12.0 Å². The molecule has 4 nitrogen and oxygen atoms in total. The lowest BCUT2D eigenvalue weighted by Crippen LogP contribution is -2.45. The highest BCUT2D eigenvalue weighted by molar-refractivity contribution is 5.77. The summed E-state index contributed by atoms with van der Waals surface area (Å²) in [6.07, 6.45) is 0.253. The zero-order valence-electron chi connectivity index (χ0n) is 8.62. The predicted molar refractivity (Wildman–Crippen MR) is 50.5 cm³/mol. The number of likely N-dealkylation sites (N-methyl/N-ethyl adjacent to an activating group) is 1. The van der Waals surface area contributed by atoms with E-state index in [1.54, 1.807) is 19.0 Å². The molecule has 1 atom stereocenters. The molecule has 0 radical (unpaired) electrons. The largest absolute Gasteiger partial charge is 0.376 e. The maximum absolute atomic E-state index is 11.4. The Morgan fingerprint density at radius 3 is 2.85 bits per heavy atom. The molecule has 0 aliphatic carbocycles. The van der Waals surface area contributed by atoms with Crippen molar-refractivity contribution >= 4 is 5.91 Å². The second-order valence-electron chi connectivity index (χ2n) is 3.70. The highest BCUT2D eigenvalue weighted by atomic mass is 16.5. The van der Waals surface area contributed by atoms with Crippen molar-refractivity contribution in [2.24, 2.45) is 0 Å².